The molecule has 0 N–H and O–H groups in total. The number of thiophene rings is 1. The van der Waals surface area contributed by atoms with E-state index in [0.29, 0.717) is 17.4 Å². The van der Waals surface area contributed by atoms with Crippen LogP contribution in [0.3, 0.4) is 0 Å². The molecule has 7 heteroatoms. The zero-order valence-electron chi connectivity index (χ0n) is 11.0. The van der Waals surface area contributed by atoms with Gasteiger partial charge in [-0.05, 0) is 35.2 Å². The fraction of sp³-hybridized carbons (Fsp3) is 0.0667. The Labute approximate surface area is 138 Å². The van der Waals surface area contributed by atoms with Crippen molar-refractivity contribution in [2.24, 2.45) is 4.99 Å². The number of carbonyl (C=O) groups is 1. The van der Waals surface area contributed by atoms with Gasteiger partial charge in [-0.2, -0.15) is 0 Å². The van der Waals surface area contributed by atoms with E-state index in [1.165, 1.54) is 11.3 Å². The lowest BCUT2D eigenvalue weighted by Crippen LogP contribution is -2.03. The molecule has 0 bridgehead atoms. The minimum atomic E-state index is -0.465. The van der Waals surface area contributed by atoms with Crippen molar-refractivity contribution in [3.63, 3.8) is 0 Å². The number of hydrogen-bond donors (Lipinski definition) is 0. The van der Waals surface area contributed by atoms with Gasteiger partial charge < -0.3 is 14.2 Å². The zero-order valence-corrected chi connectivity index (χ0v) is 13.4. The van der Waals surface area contributed by atoms with Gasteiger partial charge in [0.05, 0.1) is 4.88 Å². The maximum atomic E-state index is 12.0. The predicted molar refractivity (Wildman–Crippen MR) is 85.2 cm³/mol. The van der Waals surface area contributed by atoms with Gasteiger partial charge >= 0.3 is 5.97 Å². The van der Waals surface area contributed by atoms with Crippen LogP contribution in [0.25, 0.3) is 6.08 Å². The number of cyclic esters (lactones) is 1. The quantitative estimate of drug-likeness (QED) is 0.592. The Kier molecular flexibility index (Phi) is 3.24. The average molecular weight is 378 g/mol. The van der Waals surface area contributed by atoms with E-state index in [1.54, 1.807) is 18.2 Å². The van der Waals surface area contributed by atoms with Crippen molar-refractivity contribution in [1.29, 1.82) is 0 Å². The first kappa shape index (κ1) is 13.5. The van der Waals surface area contributed by atoms with Gasteiger partial charge in [-0.15, -0.1) is 11.3 Å². The number of halogens is 1. The molecule has 0 radical (unpaired) electrons. The van der Waals surface area contributed by atoms with Gasteiger partial charge in [0.15, 0.2) is 17.2 Å². The molecule has 0 saturated carbocycles. The molecule has 0 spiro atoms. The lowest BCUT2D eigenvalue weighted by molar-refractivity contribution is -0.129. The molecule has 22 heavy (non-hydrogen) atoms. The second-order valence-corrected chi connectivity index (χ2v) is 6.34. The molecule has 0 aliphatic carbocycles. The minimum Gasteiger partial charge on any atom is -0.454 e. The van der Waals surface area contributed by atoms with Gasteiger partial charge in [-0.25, -0.2) is 9.79 Å². The van der Waals surface area contributed by atoms with Crippen LogP contribution in [0.15, 0.2) is 44.8 Å². The van der Waals surface area contributed by atoms with Crippen LogP contribution in [-0.4, -0.2) is 18.7 Å². The Morgan fingerprint density at radius 2 is 2.09 bits per heavy atom. The van der Waals surface area contributed by atoms with Crippen molar-refractivity contribution >= 4 is 45.2 Å². The summed E-state index contributed by atoms with van der Waals surface area (Å²) in [5.41, 5.74) is 1.02. The Morgan fingerprint density at radius 1 is 1.27 bits per heavy atom. The minimum absolute atomic E-state index is 0.199. The van der Waals surface area contributed by atoms with Crippen molar-refractivity contribution in [3.8, 4) is 11.5 Å². The van der Waals surface area contributed by atoms with Crippen LogP contribution in [0.4, 0.5) is 0 Å². The standard InChI is InChI=1S/C15H8BrNO4S/c16-9-6-12-11(19-7-20-12)5-8(9)4-10-15(18)21-14(17-10)13-2-1-3-22-13/h1-6H,7H2/b10-4+. The number of nitrogens with zero attached hydrogens (tertiary/aromatic N) is 1. The van der Waals surface area contributed by atoms with Gasteiger partial charge in [-0.1, -0.05) is 22.0 Å². The average Bonchev–Trinajstić information content (AvgIpc) is 3.21. The largest absolute Gasteiger partial charge is 0.454 e. The Bertz CT molecular complexity index is 826. The third-order valence-electron chi connectivity index (χ3n) is 3.14. The SMILES string of the molecule is O=C1OC(c2cccs2)=N/C1=C/c1cc2c(cc1Br)OCO2. The van der Waals surface area contributed by atoms with E-state index in [-0.39, 0.29) is 12.5 Å². The summed E-state index contributed by atoms with van der Waals surface area (Å²) in [4.78, 5) is 17.0. The fourth-order valence-electron chi connectivity index (χ4n) is 2.11. The first-order valence-corrected chi connectivity index (χ1v) is 8.03. The highest BCUT2D eigenvalue weighted by Gasteiger charge is 2.25. The number of fused-ring (bicyclic) bond motifs is 1. The van der Waals surface area contributed by atoms with Gasteiger partial charge in [0, 0.05) is 4.47 Å². The molecule has 0 saturated heterocycles. The fourth-order valence-corrected chi connectivity index (χ4v) is 3.19. The Hall–Kier alpha value is -2.12. The van der Waals surface area contributed by atoms with Gasteiger partial charge in [0.25, 0.3) is 0 Å². The molecule has 4 rings (SSSR count). The summed E-state index contributed by atoms with van der Waals surface area (Å²) in [5, 5.41) is 1.90. The summed E-state index contributed by atoms with van der Waals surface area (Å²) in [6.45, 7) is 0.199. The smallest absolute Gasteiger partial charge is 0.363 e. The second-order valence-electron chi connectivity index (χ2n) is 4.54. The topological polar surface area (TPSA) is 57.1 Å². The van der Waals surface area contributed by atoms with Crippen LogP contribution >= 0.6 is 27.3 Å². The van der Waals surface area contributed by atoms with Crippen LogP contribution in [-0.2, 0) is 9.53 Å². The molecule has 0 atom stereocenters. The van der Waals surface area contributed by atoms with Crippen LogP contribution in [0.5, 0.6) is 11.5 Å². The van der Waals surface area contributed by atoms with Crippen molar-refractivity contribution in [2.45, 2.75) is 0 Å². The molecule has 0 unspecified atom stereocenters. The molecular weight excluding hydrogens is 370 g/mol. The monoisotopic (exact) mass is 377 g/mol. The first-order chi connectivity index (χ1) is 10.7. The number of ether oxygens (including phenoxy) is 3. The molecule has 2 aliphatic heterocycles. The van der Waals surface area contributed by atoms with Crippen LogP contribution in [0, 0.1) is 0 Å². The van der Waals surface area contributed by atoms with Crippen molar-refractivity contribution in [3.05, 3.63) is 50.3 Å². The molecule has 2 aliphatic rings. The normalized spacial score (nSPS) is 17.8. The lowest BCUT2D eigenvalue weighted by Gasteiger charge is -2.01. The highest BCUT2D eigenvalue weighted by atomic mass is 79.9. The summed E-state index contributed by atoms with van der Waals surface area (Å²) in [5.74, 6) is 1.19. The van der Waals surface area contributed by atoms with Crippen molar-refractivity contribution in [2.75, 3.05) is 6.79 Å². The number of aliphatic imine (C=N–C) groups is 1. The molecule has 1 aromatic carbocycles. The summed E-state index contributed by atoms with van der Waals surface area (Å²) in [6, 6.07) is 7.34. The second kappa shape index (κ2) is 5.26. The maximum absolute atomic E-state index is 12.0. The van der Waals surface area contributed by atoms with Gasteiger partial charge in [0.1, 0.15) is 0 Å². The molecule has 5 nitrogen and oxygen atoms in total. The predicted octanol–water partition coefficient (Wildman–Crippen LogP) is 3.58. The first-order valence-electron chi connectivity index (χ1n) is 6.36. The number of esters is 1. The zero-order chi connectivity index (χ0) is 15.1. The van der Waals surface area contributed by atoms with Gasteiger partial charge in [0.2, 0.25) is 12.7 Å². The van der Waals surface area contributed by atoms with Gasteiger partial charge in [-0.3, -0.25) is 0 Å². The summed E-state index contributed by atoms with van der Waals surface area (Å²) >= 11 is 4.92. The molecule has 0 amide bonds. The maximum Gasteiger partial charge on any atom is 0.363 e. The highest BCUT2D eigenvalue weighted by Crippen LogP contribution is 2.38. The van der Waals surface area contributed by atoms with E-state index < -0.39 is 5.97 Å². The summed E-state index contributed by atoms with van der Waals surface area (Å²) in [6.07, 6.45) is 1.66. The molecular formula is C15H8BrNO4S. The Balaban J connectivity index is 1.72. The molecule has 110 valence electrons. The summed E-state index contributed by atoms with van der Waals surface area (Å²) in [7, 11) is 0. The highest BCUT2D eigenvalue weighted by molar-refractivity contribution is 9.10. The third kappa shape index (κ3) is 2.32. The third-order valence-corrected chi connectivity index (χ3v) is 4.68. The van der Waals surface area contributed by atoms with E-state index in [2.05, 4.69) is 20.9 Å². The Morgan fingerprint density at radius 3 is 2.86 bits per heavy atom. The van der Waals surface area contributed by atoms with E-state index in [1.807, 2.05) is 17.5 Å². The van der Waals surface area contributed by atoms with E-state index in [9.17, 15) is 4.79 Å². The number of benzene rings is 1. The van der Waals surface area contributed by atoms with Crippen molar-refractivity contribution in [1.82, 2.24) is 0 Å². The lowest BCUT2D eigenvalue weighted by atomic mass is 10.1. The van der Waals surface area contributed by atoms with E-state index in [4.69, 9.17) is 14.2 Å². The molecule has 2 aromatic rings. The van der Waals surface area contributed by atoms with Crippen LogP contribution in [0.2, 0.25) is 0 Å². The number of rotatable bonds is 2. The number of carbonyl (C=O) groups excluding carboxylic acids is 1. The van der Waals surface area contributed by atoms with Crippen molar-refractivity contribution < 1.29 is 19.0 Å². The molecule has 1 aromatic heterocycles. The van der Waals surface area contributed by atoms with Crippen LogP contribution in [0.1, 0.15) is 10.4 Å². The number of hydrogen-bond acceptors (Lipinski definition) is 6. The van der Waals surface area contributed by atoms with Crippen LogP contribution < -0.4 is 9.47 Å². The molecule has 3 heterocycles. The van der Waals surface area contributed by atoms with E-state index in [0.717, 1.165) is 14.9 Å². The summed E-state index contributed by atoms with van der Waals surface area (Å²) < 4.78 is 16.6. The van der Waals surface area contributed by atoms with E-state index >= 15 is 0 Å². The molecule has 0 fully saturated rings.